The number of ketones is 1. The molecular formula is C21H27N3O2. The Hall–Kier alpha value is -2.40. The molecule has 138 valence electrons. The Balaban J connectivity index is 1.44. The van der Waals surface area contributed by atoms with E-state index in [4.69, 9.17) is 0 Å². The van der Waals surface area contributed by atoms with Gasteiger partial charge in [-0.2, -0.15) is 0 Å². The average Bonchev–Trinajstić information content (AvgIpc) is 2.99. The van der Waals surface area contributed by atoms with E-state index in [1.54, 1.807) is 0 Å². The third-order valence-corrected chi connectivity index (χ3v) is 5.01. The van der Waals surface area contributed by atoms with Gasteiger partial charge in [-0.05, 0) is 31.9 Å². The highest BCUT2D eigenvalue weighted by molar-refractivity contribution is 5.98. The normalized spacial score (nSPS) is 15.2. The van der Waals surface area contributed by atoms with E-state index in [0.717, 1.165) is 36.5 Å². The van der Waals surface area contributed by atoms with E-state index in [2.05, 4.69) is 22.0 Å². The lowest BCUT2D eigenvalue weighted by atomic mass is 10.1. The number of carbonyl (C=O) groups is 2. The van der Waals surface area contributed by atoms with E-state index in [1.165, 1.54) is 5.56 Å². The van der Waals surface area contributed by atoms with Crippen LogP contribution in [-0.2, 0) is 11.2 Å². The summed E-state index contributed by atoms with van der Waals surface area (Å²) in [6.07, 6.45) is 1.33. The zero-order valence-corrected chi connectivity index (χ0v) is 15.6. The molecule has 0 atom stereocenters. The molecule has 0 saturated carbocycles. The average molecular weight is 353 g/mol. The fraction of sp³-hybridized carbons (Fsp3) is 0.429. The van der Waals surface area contributed by atoms with Crippen molar-refractivity contribution in [2.45, 2.75) is 26.7 Å². The predicted octanol–water partition coefficient (Wildman–Crippen LogP) is 2.59. The van der Waals surface area contributed by atoms with Crippen LogP contribution in [0.5, 0.6) is 0 Å². The van der Waals surface area contributed by atoms with Crippen molar-refractivity contribution in [1.82, 2.24) is 14.8 Å². The number of benzene rings is 1. The zero-order valence-electron chi connectivity index (χ0n) is 15.6. The minimum absolute atomic E-state index is 0.149. The summed E-state index contributed by atoms with van der Waals surface area (Å²) in [6, 6.07) is 12.0. The van der Waals surface area contributed by atoms with Gasteiger partial charge in [0, 0.05) is 49.6 Å². The molecule has 0 spiro atoms. The second-order valence-electron chi connectivity index (χ2n) is 7.06. The second-order valence-corrected chi connectivity index (χ2v) is 7.06. The van der Waals surface area contributed by atoms with Gasteiger partial charge in [0.05, 0.1) is 6.54 Å². The van der Waals surface area contributed by atoms with E-state index in [-0.39, 0.29) is 11.7 Å². The summed E-state index contributed by atoms with van der Waals surface area (Å²) >= 11 is 0. The van der Waals surface area contributed by atoms with Gasteiger partial charge < -0.3 is 9.88 Å². The smallest absolute Gasteiger partial charge is 0.222 e. The Labute approximate surface area is 155 Å². The fourth-order valence-electron chi connectivity index (χ4n) is 3.51. The topological polar surface area (TPSA) is 56.4 Å². The highest BCUT2D eigenvalue weighted by Crippen LogP contribution is 2.13. The number of H-pyrrole nitrogens is 1. The lowest BCUT2D eigenvalue weighted by Gasteiger charge is -2.34. The van der Waals surface area contributed by atoms with E-state index < -0.39 is 0 Å². The number of hydrogen-bond acceptors (Lipinski definition) is 3. The number of aromatic nitrogens is 1. The quantitative estimate of drug-likeness (QED) is 0.812. The number of nitrogens with zero attached hydrogens (tertiary/aromatic N) is 2. The lowest BCUT2D eigenvalue weighted by Crippen LogP contribution is -2.50. The maximum absolute atomic E-state index is 12.5. The molecule has 1 aliphatic rings. The molecule has 0 radical (unpaired) electrons. The van der Waals surface area contributed by atoms with Crippen molar-refractivity contribution < 1.29 is 9.59 Å². The zero-order chi connectivity index (χ0) is 18.5. The van der Waals surface area contributed by atoms with E-state index in [9.17, 15) is 9.59 Å². The van der Waals surface area contributed by atoms with Crippen LogP contribution >= 0.6 is 0 Å². The molecule has 1 amide bonds. The SMILES string of the molecule is Cc1cc(C(=O)CN2CCN(C(=O)CCc3ccccc3)CC2)c(C)[nH]1. The monoisotopic (exact) mass is 353 g/mol. The molecule has 5 heteroatoms. The summed E-state index contributed by atoms with van der Waals surface area (Å²) in [5.74, 6) is 0.354. The number of hydrogen-bond donors (Lipinski definition) is 1. The maximum Gasteiger partial charge on any atom is 0.222 e. The largest absolute Gasteiger partial charge is 0.362 e. The molecule has 26 heavy (non-hydrogen) atoms. The van der Waals surface area contributed by atoms with Gasteiger partial charge in [0.1, 0.15) is 0 Å². The number of piperazine rings is 1. The van der Waals surface area contributed by atoms with Crippen LogP contribution in [0.3, 0.4) is 0 Å². The summed E-state index contributed by atoms with van der Waals surface area (Å²) in [6.45, 7) is 7.23. The summed E-state index contributed by atoms with van der Waals surface area (Å²) < 4.78 is 0. The van der Waals surface area contributed by atoms with Gasteiger partial charge in [-0.1, -0.05) is 30.3 Å². The summed E-state index contributed by atoms with van der Waals surface area (Å²) in [5, 5.41) is 0. The minimum Gasteiger partial charge on any atom is -0.362 e. The molecule has 1 aromatic heterocycles. The number of carbonyl (C=O) groups excluding carboxylic acids is 2. The number of nitrogens with one attached hydrogen (secondary N) is 1. The maximum atomic E-state index is 12.5. The van der Waals surface area contributed by atoms with Crippen molar-refractivity contribution >= 4 is 11.7 Å². The molecule has 1 aliphatic heterocycles. The van der Waals surface area contributed by atoms with Crippen LogP contribution in [0, 0.1) is 13.8 Å². The number of aryl methyl sites for hydroxylation is 3. The Bertz CT molecular complexity index is 759. The molecule has 1 N–H and O–H groups in total. The Morgan fingerprint density at radius 2 is 1.73 bits per heavy atom. The molecule has 0 aliphatic carbocycles. The number of rotatable bonds is 6. The fourth-order valence-corrected chi connectivity index (χ4v) is 3.51. The second kappa shape index (κ2) is 8.32. The van der Waals surface area contributed by atoms with Crippen molar-refractivity contribution in [2.24, 2.45) is 0 Å². The summed E-state index contributed by atoms with van der Waals surface area (Å²) in [4.78, 5) is 32.1. The third-order valence-electron chi connectivity index (χ3n) is 5.01. The number of amides is 1. The summed E-state index contributed by atoms with van der Waals surface area (Å²) in [5.41, 5.74) is 3.92. The van der Waals surface area contributed by atoms with Gasteiger partial charge in [-0.15, -0.1) is 0 Å². The third kappa shape index (κ3) is 4.61. The van der Waals surface area contributed by atoms with Gasteiger partial charge in [0.2, 0.25) is 5.91 Å². The molecule has 0 unspecified atom stereocenters. The first-order chi connectivity index (χ1) is 12.5. The van der Waals surface area contributed by atoms with Crippen molar-refractivity contribution in [3.8, 4) is 0 Å². The number of Topliss-reactive ketones (excluding diaryl/α,β-unsaturated/α-hetero) is 1. The molecule has 1 saturated heterocycles. The first kappa shape index (κ1) is 18.4. The molecule has 2 heterocycles. The molecule has 1 fully saturated rings. The molecule has 5 nitrogen and oxygen atoms in total. The predicted molar refractivity (Wildman–Crippen MR) is 102 cm³/mol. The molecule has 3 rings (SSSR count). The lowest BCUT2D eigenvalue weighted by molar-refractivity contribution is -0.132. The van der Waals surface area contributed by atoms with Crippen LogP contribution in [-0.4, -0.2) is 59.2 Å². The standard InChI is InChI=1S/C21H27N3O2/c1-16-14-19(17(2)22-16)20(25)15-23-10-12-24(13-11-23)21(26)9-8-18-6-4-3-5-7-18/h3-7,14,22H,8-13,15H2,1-2H3. The first-order valence-electron chi connectivity index (χ1n) is 9.26. The molecule has 0 bridgehead atoms. The van der Waals surface area contributed by atoms with Crippen molar-refractivity contribution in [1.29, 1.82) is 0 Å². The van der Waals surface area contributed by atoms with Crippen LogP contribution in [0.25, 0.3) is 0 Å². The Kier molecular flexibility index (Phi) is 5.89. The molecule has 2 aromatic rings. The van der Waals surface area contributed by atoms with Crippen molar-refractivity contribution in [3.05, 3.63) is 58.9 Å². The van der Waals surface area contributed by atoms with E-state index in [0.29, 0.717) is 26.1 Å². The van der Waals surface area contributed by atoms with Crippen LogP contribution in [0.1, 0.15) is 33.7 Å². The van der Waals surface area contributed by atoms with Crippen LogP contribution in [0.4, 0.5) is 0 Å². The van der Waals surface area contributed by atoms with Crippen LogP contribution < -0.4 is 0 Å². The van der Waals surface area contributed by atoms with Crippen LogP contribution in [0.15, 0.2) is 36.4 Å². The van der Waals surface area contributed by atoms with Crippen molar-refractivity contribution in [2.75, 3.05) is 32.7 Å². The van der Waals surface area contributed by atoms with Gasteiger partial charge >= 0.3 is 0 Å². The van der Waals surface area contributed by atoms with Gasteiger partial charge in [0.15, 0.2) is 5.78 Å². The number of aromatic amines is 1. The Morgan fingerprint density at radius 3 is 2.35 bits per heavy atom. The molecular weight excluding hydrogens is 326 g/mol. The highest BCUT2D eigenvalue weighted by atomic mass is 16.2. The highest BCUT2D eigenvalue weighted by Gasteiger charge is 2.23. The van der Waals surface area contributed by atoms with Gasteiger partial charge in [0.25, 0.3) is 0 Å². The summed E-state index contributed by atoms with van der Waals surface area (Å²) in [7, 11) is 0. The van der Waals surface area contributed by atoms with Crippen LogP contribution in [0.2, 0.25) is 0 Å². The minimum atomic E-state index is 0.149. The van der Waals surface area contributed by atoms with Crippen molar-refractivity contribution in [3.63, 3.8) is 0 Å². The first-order valence-corrected chi connectivity index (χ1v) is 9.26. The molecule has 1 aromatic carbocycles. The van der Waals surface area contributed by atoms with Gasteiger partial charge in [-0.25, -0.2) is 0 Å². The van der Waals surface area contributed by atoms with E-state index in [1.807, 2.05) is 43.0 Å². The Morgan fingerprint density at radius 1 is 1.04 bits per heavy atom. The van der Waals surface area contributed by atoms with E-state index >= 15 is 0 Å². The van der Waals surface area contributed by atoms with Gasteiger partial charge in [-0.3, -0.25) is 14.5 Å².